The normalized spacial score (nSPS) is 17.3. The van der Waals surface area contributed by atoms with Gasteiger partial charge >= 0.3 is 0 Å². The van der Waals surface area contributed by atoms with Gasteiger partial charge in [-0.1, -0.05) is 25.0 Å². The highest BCUT2D eigenvalue weighted by molar-refractivity contribution is 5.92. The zero-order chi connectivity index (χ0) is 18.5. The number of hydrogen-bond donors (Lipinski definition) is 2. The van der Waals surface area contributed by atoms with E-state index >= 15 is 0 Å². The zero-order valence-corrected chi connectivity index (χ0v) is 15.7. The smallest absolute Gasteiger partial charge is 0.227 e. The summed E-state index contributed by atoms with van der Waals surface area (Å²) in [6.07, 6.45) is 8.44. The van der Waals surface area contributed by atoms with E-state index in [-0.39, 0.29) is 11.8 Å². The molecule has 2 heterocycles. The van der Waals surface area contributed by atoms with Crippen LogP contribution >= 0.6 is 0 Å². The summed E-state index contributed by atoms with van der Waals surface area (Å²) in [7, 11) is 0. The van der Waals surface area contributed by atoms with Gasteiger partial charge in [-0.3, -0.25) is 4.79 Å². The second-order valence-electron chi connectivity index (χ2n) is 7.48. The fraction of sp³-hybridized carbons (Fsp3) is 0.476. The molecule has 1 aromatic heterocycles. The van der Waals surface area contributed by atoms with E-state index in [4.69, 9.17) is 0 Å². The van der Waals surface area contributed by atoms with Crippen LogP contribution in [-0.4, -0.2) is 29.0 Å². The molecule has 6 nitrogen and oxygen atoms in total. The Kier molecular flexibility index (Phi) is 5.51. The molecule has 2 fully saturated rings. The molecule has 2 aromatic rings. The molecule has 142 valence electrons. The lowest BCUT2D eigenvalue weighted by molar-refractivity contribution is -0.119. The SMILES string of the molecule is O=C(Nc1cccc(CNc2cc(N3CCCC3)ncn2)c1)C1CCCC1. The molecule has 0 radical (unpaired) electrons. The highest BCUT2D eigenvalue weighted by atomic mass is 16.1. The van der Waals surface area contributed by atoms with E-state index in [0.717, 1.165) is 48.8 Å². The van der Waals surface area contributed by atoms with Crippen molar-refractivity contribution in [1.82, 2.24) is 9.97 Å². The Hall–Kier alpha value is -2.63. The molecule has 1 aliphatic carbocycles. The summed E-state index contributed by atoms with van der Waals surface area (Å²) in [6.45, 7) is 2.79. The molecular formula is C21H27N5O. The summed E-state index contributed by atoms with van der Waals surface area (Å²) in [5.41, 5.74) is 1.98. The van der Waals surface area contributed by atoms with E-state index in [1.54, 1.807) is 6.33 Å². The fourth-order valence-electron chi connectivity index (χ4n) is 3.95. The first-order chi connectivity index (χ1) is 13.3. The molecule has 0 atom stereocenters. The third-order valence-corrected chi connectivity index (χ3v) is 5.48. The van der Waals surface area contributed by atoms with Gasteiger partial charge in [0, 0.05) is 37.3 Å². The van der Waals surface area contributed by atoms with Crippen LogP contribution in [0.5, 0.6) is 0 Å². The molecule has 4 rings (SSSR count). The highest BCUT2D eigenvalue weighted by Gasteiger charge is 2.22. The molecule has 1 saturated heterocycles. The summed E-state index contributed by atoms with van der Waals surface area (Å²) in [5.74, 6) is 2.15. The Morgan fingerprint density at radius 1 is 1.07 bits per heavy atom. The number of nitrogens with one attached hydrogen (secondary N) is 2. The molecule has 2 aliphatic rings. The molecule has 0 spiro atoms. The Labute approximate surface area is 160 Å². The predicted molar refractivity (Wildman–Crippen MR) is 108 cm³/mol. The van der Waals surface area contributed by atoms with Crippen molar-refractivity contribution in [3.05, 3.63) is 42.2 Å². The lowest BCUT2D eigenvalue weighted by Gasteiger charge is -2.16. The van der Waals surface area contributed by atoms with Gasteiger partial charge < -0.3 is 15.5 Å². The van der Waals surface area contributed by atoms with Gasteiger partial charge in [0.15, 0.2) is 0 Å². The standard InChI is InChI=1S/C21H27N5O/c27-21(17-7-1-2-8-17)25-18-9-5-6-16(12-18)14-22-19-13-20(24-15-23-19)26-10-3-4-11-26/h5-6,9,12-13,15,17H,1-4,7-8,10-11,14H2,(H,25,27)(H,22,23,24). The second-order valence-corrected chi connectivity index (χ2v) is 7.48. The van der Waals surface area contributed by atoms with Crippen LogP contribution in [0.15, 0.2) is 36.7 Å². The molecule has 1 saturated carbocycles. The summed E-state index contributed by atoms with van der Waals surface area (Å²) in [6, 6.07) is 10.0. The van der Waals surface area contributed by atoms with E-state index in [2.05, 4.69) is 31.6 Å². The number of nitrogens with zero attached hydrogens (tertiary/aromatic N) is 3. The van der Waals surface area contributed by atoms with Crippen molar-refractivity contribution in [3.63, 3.8) is 0 Å². The molecule has 27 heavy (non-hydrogen) atoms. The lowest BCUT2D eigenvalue weighted by atomic mass is 10.1. The largest absolute Gasteiger partial charge is 0.366 e. The molecular weight excluding hydrogens is 338 g/mol. The van der Waals surface area contributed by atoms with E-state index in [1.807, 2.05) is 24.3 Å². The van der Waals surface area contributed by atoms with Gasteiger partial charge in [-0.25, -0.2) is 9.97 Å². The van der Waals surface area contributed by atoms with Gasteiger partial charge in [-0.05, 0) is 43.4 Å². The minimum absolute atomic E-state index is 0.156. The maximum absolute atomic E-state index is 12.3. The average Bonchev–Trinajstić information content (AvgIpc) is 3.41. The quantitative estimate of drug-likeness (QED) is 0.814. The van der Waals surface area contributed by atoms with Crippen LogP contribution in [-0.2, 0) is 11.3 Å². The van der Waals surface area contributed by atoms with Crippen LogP contribution in [0.1, 0.15) is 44.1 Å². The Bertz CT molecular complexity index is 782. The zero-order valence-electron chi connectivity index (χ0n) is 15.7. The van der Waals surface area contributed by atoms with Crippen LogP contribution in [0.3, 0.4) is 0 Å². The number of aromatic nitrogens is 2. The van der Waals surface area contributed by atoms with Crippen LogP contribution in [0.25, 0.3) is 0 Å². The summed E-state index contributed by atoms with van der Waals surface area (Å²) < 4.78 is 0. The number of benzene rings is 1. The molecule has 1 aliphatic heterocycles. The fourth-order valence-corrected chi connectivity index (χ4v) is 3.95. The van der Waals surface area contributed by atoms with Crippen molar-refractivity contribution in [3.8, 4) is 0 Å². The first kappa shape index (κ1) is 17.8. The van der Waals surface area contributed by atoms with Gasteiger partial charge in [0.05, 0.1) is 0 Å². The van der Waals surface area contributed by atoms with E-state index < -0.39 is 0 Å². The van der Waals surface area contributed by atoms with Crippen LogP contribution < -0.4 is 15.5 Å². The number of amides is 1. The number of rotatable bonds is 6. The molecule has 1 aromatic carbocycles. The minimum atomic E-state index is 0.156. The Morgan fingerprint density at radius 3 is 2.70 bits per heavy atom. The first-order valence-corrected chi connectivity index (χ1v) is 9.98. The second kappa shape index (κ2) is 8.37. The molecule has 2 N–H and O–H groups in total. The summed E-state index contributed by atoms with van der Waals surface area (Å²) in [5, 5.41) is 6.44. The number of hydrogen-bond acceptors (Lipinski definition) is 5. The average molecular weight is 365 g/mol. The van der Waals surface area contributed by atoms with Crippen LogP contribution in [0, 0.1) is 5.92 Å². The topological polar surface area (TPSA) is 70.2 Å². The van der Waals surface area contributed by atoms with Gasteiger partial charge in [-0.15, -0.1) is 0 Å². The van der Waals surface area contributed by atoms with Crippen LogP contribution in [0.2, 0.25) is 0 Å². The van der Waals surface area contributed by atoms with Gasteiger partial charge in [0.1, 0.15) is 18.0 Å². The number of carbonyl (C=O) groups is 1. The predicted octanol–water partition coefficient (Wildman–Crippen LogP) is 3.82. The monoisotopic (exact) mass is 365 g/mol. The van der Waals surface area contributed by atoms with Crippen molar-refractivity contribution >= 4 is 23.2 Å². The maximum Gasteiger partial charge on any atom is 0.227 e. The minimum Gasteiger partial charge on any atom is -0.366 e. The van der Waals surface area contributed by atoms with E-state index in [0.29, 0.717) is 6.54 Å². The van der Waals surface area contributed by atoms with Gasteiger partial charge in [-0.2, -0.15) is 0 Å². The molecule has 6 heteroatoms. The van der Waals surface area contributed by atoms with Gasteiger partial charge in [0.2, 0.25) is 5.91 Å². The Balaban J connectivity index is 1.35. The van der Waals surface area contributed by atoms with E-state index in [1.165, 1.54) is 25.7 Å². The molecule has 0 bridgehead atoms. The van der Waals surface area contributed by atoms with Crippen molar-refractivity contribution in [2.75, 3.05) is 28.6 Å². The summed E-state index contributed by atoms with van der Waals surface area (Å²) >= 11 is 0. The number of carbonyl (C=O) groups excluding carboxylic acids is 1. The maximum atomic E-state index is 12.3. The third kappa shape index (κ3) is 4.56. The lowest BCUT2D eigenvalue weighted by Crippen LogP contribution is -2.20. The molecule has 0 unspecified atom stereocenters. The van der Waals surface area contributed by atoms with Crippen LogP contribution in [0.4, 0.5) is 17.3 Å². The van der Waals surface area contributed by atoms with E-state index in [9.17, 15) is 4.79 Å². The van der Waals surface area contributed by atoms with Crippen molar-refractivity contribution in [2.45, 2.75) is 45.1 Å². The summed E-state index contributed by atoms with van der Waals surface area (Å²) in [4.78, 5) is 23.3. The highest BCUT2D eigenvalue weighted by Crippen LogP contribution is 2.26. The third-order valence-electron chi connectivity index (χ3n) is 5.48. The first-order valence-electron chi connectivity index (χ1n) is 9.98. The molecule has 1 amide bonds. The van der Waals surface area contributed by atoms with Crippen molar-refractivity contribution in [1.29, 1.82) is 0 Å². The number of anilines is 3. The Morgan fingerprint density at radius 2 is 1.89 bits per heavy atom. The van der Waals surface area contributed by atoms with Crippen molar-refractivity contribution < 1.29 is 4.79 Å². The van der Waals surface area contributed by atoms with Crippen molar-refractivity contribution in [2.24, 2.45) is 5.92 Å². The van der Waals surface area contributed by atoms with Gasteiger partial charge in [0.25, 0.3) is 0 Å².